The number of hydrogen-bond acceptors (Lipinski definition) is 5. The maximum atomic E-state index is 5.88. The number of rotatable bonds is 4. The molecular weight excluding hydrogens is 409 g/mol. The van der Waals surface area contributed by atoms with Gasteiger partial charge in [-0.3, -0.25) is 4.99 Å². The molecule has 1 aromatic carbocycles. The van der Waals surface area contributed by atoms with E-state index in [0.29, 0.717) is 24.2 Å². The molecule has 124 valence electrons. The standard InChI is InChI=1S/C15H19N5O2.HI/c1-10-18-14(22-20-10)13-8-7-12(21-13)9-17-15(16)19-11-5-3-2-4-6-11;/h2-6,12-13H,7-9H2,1H3,(H3,16,17,19);1H/t12-,13+;/m1./s1. The van der Waals surface area contributed by atoms with Crippen molar-refractivity contribution >= 4 is 35.6 Å². The van der Waals surface area contributed by atoms with E-state index in [1.165, 1.54) is 0 Å². The molecule has 1 aromatic heterocycles. The molecule has 0 saturated carbocycles. The predicted octanol–water partition coefficient (Wildman–Crippen LogP) is 2.64. The van der Waals surface area contributed by atoms with Gasteiger partial charge >= 0.3 is 0 Å². The van der Waals surface area contributed by atoms with Crippen LogP contribution < -0.4 is 11.1 Å². The summed E-state index contributed by atoms with van der Waals surface area (Å²) in [5, 5.41) is 6.83. The first-order valence-corrected chi connectivity index (χ1v) is 7.28. The first kappa shape index (κ1) is 17.7. The van der Waals surface area contributed by atoms with E-state index in [-0.39, 0.29) is 36.2 Å². The first-order valence-electron chi connectivity index (χ1n) is 7.28. The average molecular weight is 429 g/mol. The Labute approximate surface area is 151 Å². The summed E-state index contributed by atoms with van der Waals surface area (Å²) in [5.74, 6) is 1.54. The van der Waals surface area contributed by atoms with Crippen molar-refractivity contribution in [2.45, 2.75) is 32.0 Å². The lowest BCUT2D eigenvalue weighted by Gasteiger charge is -2.10. The number of ether oxygens (including phenoxy) is 1. The third-order valence-corrected chi connectivity index (χ3v) is 3.44. The maximum Gasteiger partial charge on any atom is 0.255 e. The van der Waals surface area contributed by atoms with Crippen LogP contribution in [-0.4, -0.2) is 28.7 Å². The van der Waals surface area contributed by atoms with Crippen LogP contribution in [-0.2, 0) is 4.74 Å². The molecule has 3 rings (SSSR count). The van der Waals surface area contributed by atoms with Gasteiger partial charge in [-0.1, -0.05) is 23.4 Å². The molecule has 1 aliphatic rings. The summed E-state index contributed by atoms with van der Waals surface area (Å²) >= 11 is 0. The fourth-order valence-electron chi connectivity index (χ4n) is 2.37. The van der Waals surface area contributed by atoms with E-state index >= 15 is 0 Å². The number of nitrogens with two attached hydrogens (primary N) is 1. The van der Waals surface area contributed by atoms with Crippen LogP contribution in [0.15, 0.2) is 39.8 Å². The SMILES string of the molecule is Cc1noc([C@@H]2CC[C@H](CN=C(N)Nc3ccccc3)O2)n1.I. The lowest BCUT2D eigenvalue weighted by molar-refractivity contribution is 0.0309. The monoisotopic (exact) mass is 429 g/mol. The molecule has 1 saturated heterocycles. The molecule has 7 nitrogen and oxygen atoms in total. The number of aromatic nitrogens is 2. The molecule has 8 heteroatoms. The van der Waals surface area contributed by atoms with Crippen molar-refractivity contribution in [2.24, 2.45) is 10.7 Å². The Morgan fingerprint density at radius 1 is 1.35 bits per heavy atom. The number of nitrogens with one attached hydrogen (secondary N) is 1. The summed E-state index contributed by atoms with van der Waals surface area (Å²) in [7, 11) is 0. The van der Waals surface area contributed by atoms with Crippen LogP contribution in [0.2, 0.25) is 0 Å². The molecule has 0 spiro atoms. The van der Waals surface area contributed by atoms with E-state index in [1.807, 2.05) is 30.3 Å². The van der Waals surface area contributed by atoms with Crippen LogP contribution >= 0.6 is 24.0 Å². The minimum Gasteiger partial charge on any atom is -0.370 e. The van der Waals surface area contributed by atoms with Gasteiger partial charge in [0.2, 0.25) is 0 Å². The number of halogens is 1. The van der Waals surface area contributed by atoms with Gasteiger partial charge in [-0.25, -0.2) is 0 Å². The Balaban J connectivity index is 0.00000192. The van der Waals surface area contributed by atoms with Gasteiger partial charge in [0.25, 0.3) is 5.89 Å². The van der Waals surface area contributed by atoms with Crippen molar-refractivity contribution in [2.75, 3.05) is 11.9 Å². The second kappa shape index (κ2) is 8.25. The van der Waals surface area contributed by atoms with Crippen molar-refractivity contribution in [1.29, 1.82) is 0 Å². The highest BCUT2D eigenvalue weighted by atomic mass is 127. The molecule has 1 fully saturated rings. The maximum absolute atomic E-state index is 5.88. The fraction of sp³-hybridized carbons (Fsp3) is 0.400. The third kappa shape index (κ3) is 4.90. The van der Waals surface area contributed by atoms with Gasteiger partial charge in [-0.15, -0.1) is 24.0 Å². The van der Waals surface area contributed by atoms with Crippen molar-refractivity contribution in [1.82, 2.24) is 10.1 Å². The predicted molar refractivity (Wildman–Crippen MR) is 97.9 cm³/mol. The van der Waals surface area contributed by atoms with E-state index in [4.69, 9.17) is 15.0 Å². The van der Waals surface area contributed by atoms with Crippen molar-refractivity contribution in [3.63, 3.8) is 0 Å². The first-order chi connectivity index (χ1) is 10.7. The van der Waals surface area contributed by atoms with Gasteiger partial charge in [-0.2, -0.15) is 4.98 Å². The van der Waals surface area contributed by atoms with Crippen LogP contribution in [0.4, 0.5) is 5.69 Å². The summed E-state index contributed by atoms with van der Waals surface area (Å²) in [6.45, 7) is 2.30. The average Bonchev–Trinajstić information content (AvgIpc) is 3.15. The van der Waals surface area contributed by atoms with Gasteiger partial charge < -0.3 is 20.3 Å². The van der Waals surface area contributed by atoms with Crippen molar-refractivity contribution < 1.29 is 9.26 Å². The van der Waals surface area contributed by atoms with Gasteiger partial charge in [0.1, 0.15) is 6.10 Å². The normalized spacial score (nSPS) is 21.0. The van der Waals surface area contributed by atoms with Crippen molar-refractivity contribution in [3.8, 4) is 0 Å². The summed E-state index contributed by atoms with van der Waals surface area (Å²) in [4.78, 5) is 8.53. The topological polar surface area (TPSA) is 98.6 Å². The number of benzene rings is 1. The van der Waals surface area contributed by atoms with Gasteiger partial charge in [0, 0.05) is 5.69 Å². The largest absolute Gasteiger partial charge is 0.370 e. The molecule has 2 heterocycles. The van der Waals surface area contributed by atoms with Crippen LogP contribution in [0.1, 0.15) is 30.7 Å². The number of hydrogen-bond donors (Lipinski definition) is 2. The lowest BCUT2D eigenvalue weighted by atomic mass is 10.2. The second-order valence-electron chi connectivity index (χ2n) is 5.22. The molecule has 23 heavy (non-hydrogen) atoms. The zero-order chi connectivity index (χ0) is 15.4. The van der Waals surface area contributed by atoms with E-state index in [0.717, 1.165) is 18.5 Å². The zero-order valence-electron chi connectivity index (χ0n) is 12.8. The molecule has 2 aromatic rings. The number of para-hydroxylation sites is 1. The van der Waals surface area contributed by atoms with Gasteiger partial charge in [-0.05, 0) is 31.9 Å². The highest BCUT2D eigenvalue weighted by molar-refractivity contribution is 14.0. The number of aryl methyl sites for hydroxylation is 1. The van der Waals surface area contributed by atoms with E-state index < -0.39 is 0 Å². The lowest BCUT2D eigenvalue weighted by Crippen LogP contribution is -2.24. The molecule has 2 atom stereocenters. The number of nitrogens with zero attached hydrogens (tertiary/aromatic N) is 3. The van der Waals surface area contributed by atoms with Crippen LogP contribution in [0.3, 0.4) is 0 Å². The molecule has 0 bridgehead atoms. The molecular formula is C15H20IN5O2. The van der Waals surface area contributed by atoms with Crippen LogP contribution in [0.25, 0.3) is 0 Å². The van der Waals surface area contributed by atoms with E-state index in [1.54, 1.807) is 6.92 Å². The molecule has 1 aliphatic heterocycles. The second-order valence-corrected chi connectivity index (χ2v) is 5.22. The molecule has 0 aliphatic carbocycles. The Bertz CT molecular complexity index is 646. The van der Waals surface area contributed by atoms with Crippen LogP contribution in [0.5, 0.6) is 0 Å². The quantitative estimate of drug-likeness (QED) is 0.441. The highest BCUT2D eigenvalue weighted by Gasteiger charge is 2.30. The summed E-state index contributed by atoms with van der Waals surface area (Å²) in [6.07, 6.45) is 1.64. The number of anilines is 1. The minimum absolute atomic E-state index is 0. The number of guanidine groups is 1. The Morgan fingerprint density at radius 3 is 2.83 bits per heavy atom. The van der Waals surface area contributed by atoms with Crippen LogP contribution in [0, 0.1) is 6.92 Å². The third-order valence-electron chi connectivity index (χ3n) is 3.44. The molecule has 0 amide bonds. The van der Waals surface area contributed by atoms with Gasteiger partial charge in [0.05, 0.1) is 12.6 Å². The summed E-state index contributed by atoms with van der Waals surface area (Å²) in [5.41, 5.74) is 6.79. The van der Waals surface area contributed by atoms with E-state index in [9.17, 15) is 0 Å². The fourth-order valence-corrected chi connectivity index (χ4v) is 2.37. The zero-order valence-corrected chi connectivity index (χ0v) is 15.1. The minimum atomic E-state index is -0.135. The highest BCUT2D eigenvalue weighted by Crippen LogP contribution is 2.31. The van der Waals surface area contributed by atoms with Crippen molar-refractivity contribution in [3.05, 3.63) is 42.0 Å². The molecule has 0 unspecified atom stereocenters. The Kier molecular flexibility index (Phi) is 6.34. The smallest absolute Gasteiger partial charge is 0.255 e. The number of aliphatic imine (C=N–C) groups is 1. The van der Waals surface area contributed by atoms with Gasteiger partial charge in [0.15, 0.2) is 11.8 Å². The molecule has 0 radical (unpaired) electrons. The van der Waals surface area contributed by atoms with E-state index in [2.05, 4.69) is 20.4 Å². The molecule has 3 N–H and O–H groups in total. The Morgan fingerprint density at radius 2 is 2.13 bits per heavy atom. The summed E-state index contributed by atoms with van der Waals surface area (Å²) < 4.78 is 11.0. The summed E-state index contributed by atoms with van der Waals surface area (Å²) in [6, 6.07) is 9.69. The Hall–Kier alpha value is -1.68.